The van der Waals surface area contributed by atoms with Crippen LogP contribution in [0.3, 0.4) is 0 Å². The fraction of sp³-hybridized carbons (Fsp3) is 0.290. The molecule has 34 heavy (non-hydrogen) atoms. The summed E-state index contributed by atoms with van der Waals surface area (Å²) in [6, 6.07) is 23.6. The number of hydrogen-bond donors (Lipinski definition) is 0. The highest BCUT2D eigenvalue weighted by Crippen LogP contribution is 2.45. The Morgan fingerprint density at radius 2 is 1.00 bits per heavy atom. The van der Waals surface area contributed by atoms with E-state index in [4.69, 9.17) is 0 Å². The molecule has 0 spiro atoms. The Labute approximate surface area is 211 Å². The first-order valence-electron chi connectivity index (χ1n) is 12.5. The molecule has 172 valence electrons. The van der Waals surface area contributed by atoms with E-state index in [1.165, 1.54) is 52.5 Å². The van der Waals surface area contributed by atoms with Gasteiger partial charge >= 0.3 is 0 Å². The molecular weight excluding hydrogens is 465 g/mol. The van der Waals surface area contributed by atoms with E-state index in [1.54, 1.807) is 4.50 Å². The second-order valence-corrected chi connectivity index (χ2v) is 19.0. The predicted octanol–water partition coefficient (Wildman–Crippen LogP) is 10.5. The van der Waals surface area contributed by atoms with Crippen molar-refractivity contribution in [1.29, 1.82) is 0 Å². The Hall–Kier alpha value is -2.20. The molecule has 0 fully saturated rings. The van der Waals surface area contributed by atoms with E-state index >= 15 is 0 Å². The van der Waals surface area contributed by atoms with Crippen LogP contribution in [0.15, 0.2) is 66.0 Å². The van der Waals surface area contributed by atoms with E-state index in [0.29, 0.717) is 0 Å². The summed E-state index contributed by atoms with van der Waals surface area (Å²) in [5, 5.41) is 13.3. The number of benzene rings is 4. The van der Waals surface area contributed by atoms with Gasteiger partial charge < -0.3 is 0 Å². The van der Waals surface area contributed by atoms with Crippen molar-refractivity contribution in [2.24, 2.45) is 0 Å². The molecule has 0 aliphatic heterocycles. The molecule has 0 nitrogen and oxygen atoms in total. The molecule has 0 saturated carbocycles. The SMILES string of the molecule is CC(C)[Si](c1cc2ccc3c4ccc5c(ccc6ccsc65)c4ccc3c2s1)(C(C)C)C(C)C. The van der Waals surface area contributed by atoms with Gasteiger partial charge in [0.1, 0.15) is 8.07 Å². The Morgan fingerprint density at radius 3 is 1.59 bits per heavy atom. The lowest BCUT2D eigenvalue weighted by Gasteiger charge is -2.42. The topological polar surface area (TPSA) is 0 Å². The van der Waals surface area contributed by atoms with Crippen LogP contribution in [0.1, 0.15) is 41.5 Å². The van der Waals surface area contributed by atoms with Gasteiger partial charge in [-0.05, 0) is 71.0 Å². The molecule has 0 amide bonds. The normalized spacial score (nSPS) is 13.2. The zero-order chi connectivity index (χ0) is 23.8. The molecule has 0 saturated heterocycles. The number of thiophene rings is 2. The molecule has 0 bridgehead atoms. The van der Waals surface area contributed by atoms with E-state index in [1.807, 2.05) is 11.3 Å². The first kappa shape index (κ1) is 22.3. The Balaban J connectivity index is 1.64. The van der Waals surface area contributed by atoms with E-state index in [2.05, 4.69) is 119 Å². The van der Waals surface area contributed by atoms with Gasteiger partial charge in [0.2, 0.25) is 0 Å². The fourth-order valence-electron chi connectivity index (χ4n) is 7.03. The second-order valence-electron chi connectivity index (χ2n) is 10.8. The maximum atomic E-state index is 2.56. The summed E-state index contributed by atoms with van der Waals surface area (Å²) in [6.45, 7) is 14.8. The predicted molar refractivity (Wildman–Crippen MR) is 160 cm³/mol. The average Bonchev–Trinajstić information content (AvgIpc) is 3.45. The zero-order valence-corrected chi connectivity index (χ0v) is 23.5. The van der Waals surface area contributed by atoms with E-state index in [9.17, 15) is 0 Å². The van der Waals surface area contributed by atoms with Gasteiger partial charge in [0.15, 0.2) is 0 Å². The molecule has 0 unspecified atom stereocenters. The van der Waals surface area contributed by atoms with Crippen molar-refractivity contribution < 1.29 is 0 Å². The fourth-order valence-corrected chi connectivity index (χ4v) is 18.1. The van der Waals surface area contributed by atoms with Crippen LogP contribution in [0.4, 0.5) is 0 Å². The molecule has 0 N–H and O–H groups in total. The lowest BCUT2D eigenvalue weighted by molar-refractivity contribution is 0.837. The Kier molecular flexibility index (Phi) is 5.18. The summed E-state index contributed by atoms with van der Waals surface area (Å²) < 4.78 is 4.56. The van der Waals surface area contributed by atoms with Crippen molar-refractivity contribution in [3.05, 3.63) is 66.0 Å². The minimum Gasteiger partial charge on any atom is -0.144 e. The first-order valence-corrected chi connectivity index (χ1v) is 16.4. The molecule has 6 rings (SSSR count). The van der Waals surface area contributed by atoms with Crippen LogP contribution in [-0.2, 0) is 0 Å². The van der Waals surface area contributed by atoms with E-state index in [-0.39, 0.29) is 0 Å². The molecule has 0 aliphatic rings. The van der Waals surface area contributed by atoms with Crippen molar-refractivity contribution >= 4 is 87.7 Å². The monoisotopic (exact) mass is 496 g/mol. The van der Waals surface area contributed by atoms with Crippen molar-refractivity contribution in [2.75, 3.05) is 0 Å². The van der Waals surface area contributed by atoms with Crippen LogP contribution in [0.25, 0.3) is 52.5 Å². The highest BCUT2D eigenvalue weighted by atomic mass is 32.1. The van der Waals surface area contributed by atoms with Crippen LogP contribution in [0, 0.1) is 0 Å². The highest BCUT2D eigenvalue weighted by molar-refractivity contribution is 7.33. The Morgan fingerprint density at radius 1 is 0.529 bits per heavy atom. The minimum atomic E-state index is -1.66. The van der Waals surface area contributed by atoms with Gasteiger partial charge in [0.25, 0.3) is 0 Å². The molecular formula is C31H32S2Si. The molecule has 2 heterocycles. The Bertz CT molecular complexity index is 1680. The van der Waals surface area contributed by atoms with E-state index < -0.39 is 8.07 Å². The molecule has 0 atom stereocenters. The van der Waals surface area contributed by atoms with Gasteiger partial charge in [-0.15, -0.1) is 22.7 Å². The van der Waals surface area contributed by atoms with Gasteiger partial charge in [-0.2, -0.15) is 0 Å². The van der Waals surface area contributed by atoms with Gasteiger partial charge in [0, 0.05) is 20.2 Å². The third-order valence-corrected chi connectivity index (χ3v) is 18.4. The molecule has 0 aliphatic carbocycles. The largest absolute Gasteiger partial charge is 0.144 e. The summed E-state index contributed by atoms with van der Waals surface area (Å²) in [4.78, 5) is 0. The van der Waals surface area contributed by atoms with Crippen LogP contribution >= 0.6 is 22.7 Å². The third-order valence-electron chi connectivity index (χ3n) is 8.38. The summed E-state index contributed by atoms with van der Waals surface area (Å²) in [5.41, 5.74) is 2.19. The maximum Gasteiger partial charge on any atom is 0.107 e. The van der Waals surface area contributed by atoms with Crippen LogP contribution in [0.5, 0.6) is 0 Å². The van der Waals surface area contributed by atoms with Crippen LogP contribution in [-0.4, -0.2) is 8.07 Å². The molecule has 0 radical (unpaired) electrons. The lowest BCUT2D eigenvalue weighted by Crippen LogP contribution is -2.54. The lowest BCUT2D eigenvalue weighted by atomic mass is 9.96. The smallest absolute Gasteiger partial charge is 0.107 e. The van der Waals surface area contributed by atoms with E-state index in [0.717, 1.165) is 16.6 Å². The molecule has 3 heteroatoms. The standard InChI is InChI=1S/C31H32S2Si/c1-18(2)34(19(3)4,20(5)6)29-17-22-8-10-26-24-11-13-27-25(9-7-21-15-16-32-30(21)27)23(24)12-14-28(26)31(22)33-29/h7-20H,1-6H3. The summed E-state index contributed by atoms with van der Waals surface area (Å²) in [6.07, 6.45) is 0. The van der Waals surface area contributed by atoms with Crippen molar-refractivity contribution in [2.45, 2.75) is 58.2 Å². The second kappa shape index (κ2) is 7.91. The van der Waals surface area contributed by atoms with Crippen LogP contribution in [0.2, 0.25) is 16.6 Å². The van der Waals surface area contributed by atoms with Gasteiger partial charge in [-0.25, -0.2) is 0 Å². The van der Waals surface area contributed by atoms with Crippen molar-refractivity contribution in [3.8, 4) is 0 Å². The maximum absolute atomic E-state index is 2.56. The first-order chi connectivity index (χ1) is 16.3. The highest BCUT2D eigenvalue weighted by Gasteiger charge is 2.45. The minimum absolute atomic E-state index is 0.730. The summed E-state index contributed by atoms with van der Waals surface area (Å²) in [7, 11) is -1.66. The molecule has 2 aromatic heterocycles. The van der Waals surface area contributed by atoms with Gasteiger partial charge in [-0.3, -0.25) is 0 Å². The van der Waals surface area contributed by atoms with Gasteiger partial charge in [0.05, 0.1) is 0 Å². The summed E-state index contributed by atoms with van der Waals surface area (Å²) in [5.74, 6) is 0. The number of fused-ring (bicyclic) bond motifs is 9. The zero-order valence-electron chi connectivity index (χ0n) is 20.9. The molecule has 6 aromatic rings. The average molecular weight is 497 g/mol. The van der Waals surface area contributed by atoms with Crippen molar-refractivity contribution in [1.82, 2.24) is 0 Å². The quantitative estimate of drug-likeness (QED) is 0.168. The summed E-state index contributed by atoms with van der Waals surface area (Å²) >= 11 is 3.95. The van der Waals surface area contributed by atoms with Crippen molar-refractivity contribution in [3.63, 3.8) is 0 Å². The van der Waals surface area contributed by atoms with Crippen LogP contribution < -0.4 is 4.50 Å². The molecule has 4 aromatic carbocycles. The van der Waals surface area contributed by atoms with Gasteiger partial charge in [-0.1, -0.05) is 90.1 Å². The number of hydrogen-bond acceptors (Lipinski definition) is 2. The third kappa shape index (κ3) is 2.93. The number of rotatable bonds is 4.